The Morgan fingerprint density at radius 1 is 1.33 bits per heavy atom. The predicted octanol–water partition coefficient (Wildman–Crippen LogP) is 2.31. The van der Waals surface area contributed by atoms with Gasteiger partial charge >= 0.3 is 0 Å². The van der Waals surface area contributed by atoms with Crippen molar-refractivity contribution in [3.63, 3.8) is 0 Å². The molecule has 0 aromatic heterocycles. The Morgan fingerprint density at radius 3 is 2.72 bits per heavy atom. The van der Waals surface area contributed by atoms with Gasteiger partial charge in [0.05, 0.1) is 0 Å². The summed E-state index contributed by atoms with van der Waals surface area (Å²) >= 11 is 0. The molecule has 108 valence electrons. The molecular formula is C15H33N3. The minimum Gasteiger partial charge on any atom is -0.329 e. The van der Waals surface area contributed by atoms with Gasteiger partial charge in [0.2, 0.25) is 0 Å². The molecule has 2 atom stereocenters. The minimum absolute atomic E-state index is 0.582. The molecule has 1 aliphatic rings. The Labute approximate surface area is 114 Å². The number of piperidine rings is 1. The van der Waals surface area contributed by atoms with Crippen molar-refractivity contribution in [2.45, 2.75) is 64.0 Å². The van der Waals surface area contributed by atoms with E-state index in [1.807, 2.05) is 0 Å². The van der Waals surface area contributed by atoms with Crippen molar-refractivity contribution in [1.29, 1.82) is 0 Å². The van der Waals surface area contributed by atoms with Gasteiger partial charge in [-0.3, -0.25) is 4.90 Å². The first-order chi connectivity index (χ1) is 8.69. The van der Waals surface area contributed by atoms with Gasteiger partial charge in [0.25, 0.3) is 0 Å². The number of likely N-dealkylation sites (N-methyl/N-ethyl adjacent to an activating group) is 2. The SMILES string of the molecule is CCCCCCC(CN)N(C)C1CCCN(C)C1. The minimum atomic E-state index is 0.582. The largest absolute Gasteiger partial charge is 0.329 e. The summed E-state index contributed by atoms with van der Waals surface area (Å²) in [5.74, 6) is 0. The highest BCUT2D eigenvalue weighted by atomic mass is 15.2. The lowest BCUT2D eigenvalue weighted by Gasteiger charge is -2.39. The molecule has 0 saturated carbocycles. The molecule has 0 aromatic carbocycles. The Bertz CT molecular complexity index is 208. The molecule has 1 aliphatic heterocycles. The van der Waals surface area contributed by atoms with Gasteiger partial charge < -0.3 is 10.6 Å². The fourth-order valence-electron chi connectivity index (χ4n) is 3.06. The highest BCUT2D eigenvalue weighted by molar-refractivity contribution is 4.82. The first kappa shape index (κ1) is 15.9. The molecule has 0 amide bonds. The van der Waals surface area contributed by atoms with Gasteiger partial charge in [-0.1, -0.05) is 32.6 Å². The van der Waals surface area contributed by atoms with Crippen LogP contribution in [0, 0.1) is 0 Å². The van der Waals surface area contributed by atoms with Gasteiger partial charge in [-0.25, -0.2) is 0 Å². The summed E-state index contributed by atoms with van der Waals surface area (Å²) < 4.78 is 0. The molecule has 0 bridgehead atoms. The van der Waals surface area contributed by atoms with Crippen LogP contribution in [0.15, 0.2) is 0 Å². The lowest BCUT2D eigenvalue weighted by molar-refractivity contribution is 0.0962. The maximum Gasteiger partial charge on any atom is 0.0223 e. The fourth-order valence-corrected chi connectivity index (χ4v) is 3.06. The summed E-state index contributed by atoms with van der Waals surface area (Å²) in [7, 11) is 4.51. The number of hydrogen-bond acceptors (Lipinski definition) is 3. The van der Waals surface area contributed by atoms with Crippen molar-refractivity contribution in [3.8, 4) is 0 Å². The van der Waals surface area contributed by atoms with Gasteiger partial charge in [-0.05, 0) is 39.9 Å². The molecule has 0 spiro atoms. The molecule has 1 saturated heterocycles. The summed E-state index contributed by atoms with van der Waals surface area (Å²) in [5.41, 5.74) is 5.97. The van der Waals surface area contributed by atoms with E-state index in [-0.39, 0.29) is 0 Å². The maximum absolute atomic E-state index is 5.97. The second-order valence-corrected chi connectivity index (χ2v) is 5.96. The number of likely N-dealkylation sites (tertiary alicyclic amines) is 1. The zero-order valence-corrected chi connectivity index (χ0v) is 12.7. The Kier molecular flexibility index (Phi) is 7.87. The number of nitrogens with two attached hydrogens (primary N) is 1. The number of unbranched alkanes of at least 4 members (excludes halogenated alkanes) is 3. The number of hydrogen-bond donors (Lipinski definition) is 1. The zero-order chi connectivity index (χ0) is 13.4. The molecule has 0 aromatic rings. The summed E-state index contributed by atoms with van der Waals surface area (Å²) in [4.78, 5) is 5.01. The van der Waals surface area contributed by atoms with Crippen LogP contribution in [-0.2, 0) is 0 Å². The Balaban J connectivity index is 2.33. The third-order valence-electron chi connectivity index (χ3n) is 4.41. The predicted molar refractivity (Wildman–Crippen MR) is 79.9 cm³/mol. The van der Waals surface area contributed by atoms with E-state index in [0.29, 0.717) is 12.1 Å². The molecule has 2 N–H and O–H groups in total. The molecular weight excluding hydrogens is 222 g/mol. The summed E-state index contributed by atoms with van der Waals surface area (Å²) in [6.07, 6.45) is 9.33. The van der Waals surface area contributed by atoms with Crippen LogP contribution in [0.2, 0.25) is 0 Å². The standard InChI is InChI=1S/C15H33N3/c1-4-5-6-7-9-14(12-16)18(3)15-10-8-11-17(2)13-15/h14-15H,4-13,16H2,1-3H3. The van der Waals surface area contributed by atoms with Crippen LogP contribution in [0.1, 0.15) is 51.9 Å². The lowest BCUT2D eigenvalue weighted by Crippen LogP contribution is -2.50. The van der Waals surface area contributed by atoms with Crippen LogP contribution in [0.25, 0.3) is 0 Å². The van der Waals surface area contributed by atoms with E-state index in [1.54, 1.807) is 0 Å². The third kappa shape index (κ3) is 5.25. The molecule has 3 heteroatoms. The van der Waals surface area contributed by atoms with Crippen LogP contribution in [0.4, 0.5) is 0 Å². The molecule has 18 heavy (non-hydrogen) atoms. The van der Waals surface area contributed by atoms with E-state index in [2.05, 4.69) is 30.8 Å². The third-order valence-corrected chi connectivity index (χ3v) is 4.41. The van der Waals surface area contributed by atoms with Crippen molar-refractivity contribution in [1.82, 2.24) is 9.80 Å². The number of nitrogens with zero attached hydrogens (tertiary/aromatic N) is 2. The van der Waals surface area contributed by atoms with Crippen molar-refractivity contribution >= 4 is 0 Å². The van der Waals surface area contributed by atoms with E-state index >= 15 is 0 Å². The van der Waals surface area contributed by atoms with E-state index in [1.165, 1.54) is 58.0 Å². The van der Waals surface area contributed by atoms with Gasteiger partial charge in [0, 0.05) is 25.2 Å². The Morgan fingerprint density at radius 2 is 2.11 bits per heavy atom. The molecule has 1 fully saturated rings. The van der Waals surface area contributed by atoms with Crippen LogP contribution in [0.3, 0.4) is 0 Å². The van der Waals surface area contributed by atoms with E-state index < -0.39 is 0 Å². The molecule has 0 aliphatic carbocycles. The van der Waals surface area contributed by atoms with E-state index in [0.717, 1.165) is 6.54 Å². The average Bonchev–Trinajstić information content (AvgIpc) is 2.38. The lowest BCUT2D eigenvalue weighted by atomic mass is 10.0. The van der Waals surface area contributed by atoms with Crippen LogP contribution in [-0.4, -0.2) is 55.6 Å². The summed E-state index contributed by atoms with van der Waals surface area (Å²) in [6.45, 7) is 5.54. The molecule has 0 radical (unpaired) electrons. The first-order valence-corrected chi connectivity index (χ1v) is 7.79. The Hall–Kier alpha value is -0.120. The number of rotatable bonds is 8. The van der Waals surface area contributed by atoms with E-state index in [4.69, 9.17) is 5.73 Å². The molecule has 2 unspecified atom stereocenters. The van der Waals surface area contributed by atoms with E-state index in [9.17, 15) is 0 Å². The highest BCUT2D eigenvalue weighted by Gasteiger charge is 2.25. The summed E-state index contributed by atoms with van der Waals surface area (Å²) in [6, 6.07) is 1.29. The van der Waals surface area contributed by atoms with Crippen LogP contribution >= 0.6 is 0 Å². The van der Waals surface area contributed by atoms with Gasteiger partial charge in [-0.2, -0.15) is 0 Å². The molecule has 1 heterocycles. The van der Waals surface area contributed by atoms with Crippen molar-refractivity contribution in [2.75, 3.05) is 33.7 Å². The monoisotopic (exact) mass is 255 g/mol. The normalized spacial score (nSPS) is 23.5. The average molecular weight is 255 g/mol. The van der Waals surface area contributed by atoms with Gasteiger partial charge in [-0.15, -0.1) is 0 Å². The zero-order valence-electron chi connectivity index (χ0n) is 12.7. The summed E-state index contributed by atoms with van der Waals surface area (Å²) in [5, 5.41) is 0. The van der Waals surface area contributed by atoms with Gasteiger partial charge in [0.1, 0.15) is 0 Å². The van der Waals surface area contributed by atoms with Gasteiger partial charge in [0.15, 0.2) is 0 Å². The van der Waals surface area contributed by atoms with Crippen molar-refractivity contribution in [2.24, 2.45) is 5.73 Å². The second-order valence-electron chi connectivity index (χ2n) is 5.96. The maximum atomic E-state index is 5.97. The van der Waals surface area contributed by atoms with Crippen molar-refractivity contribution in [3.05, 3.63) is 0 Å². The van der Waals surface area contributed by atoms with Crippen molar-refractivity contribution < 1.29 is 0 Å². The molecule has 1 rings (SSSR count). The van der Waals surface area contributed by atoms with Crippen LogP contribution in [0.5, 0.6) is 0 Å². The highest BCUT2D eigenvalue weighted by Crippen LogP contribution is 2.18. The first-order valence-electron chi connectivity index (χ1n) is 7.79. The van der Waals surface area contributed by atoms with Crippen LogP contribution < -0.4 is 5.73 Å². The second kappa shape index (κ2) is 8.89. The quantitative estimate of drug-likeness (QED) is 0.676. The topological polar surface area (TPSA) is 32.5 Å². The fraction of sp³-hybridized carbons (Fsp3) is 1.00. The smallest absolute Gasteiger partial charge is 0.0223 e. The molecule has 3 nitrogen and oxygen atoms in total.